The summed E-state index contributed by atoms with van der Waals surface area (Å²) in [5.41, 5.74) is 1.55. The zero-order valence-corrected chi connectivity index (χ0v) is 13.9. The highest BCUT2D eigenvalue weighted by Gasteiger charge is 2.36. The molecule has 0 aliphatic carbocycles. The van der Waals surface area contributed by atoms with Gasteiger partial charge in [0.2, 0.25) is 11.8 Å². The Morgan fingerprint density at radius 3 is 2.71 bits per heavy atom. The predicted octanol–water partition coefficient (Wildman–Crippen LogP) is 1.64. The molecule has 24 heavy (non-hydrogen) atoms. The monoisotopic (exact) mass is 346 g/mol. The highest BCUT2D eigenvalue weighted by Crippen LogP contribution is 2.28. The number of nitrogens with zero attached hydrogens (tertiary/aromatic N) is 2. The first-order valence-corrected chi connectivity index (χ1v) is 8.82. The summed E-state index contributed by atoms with van der Waals surface area (Å²) in [5.74, 6) is -1.16. The molecule has 7 heteroatoms. The lowest BCUT2D eigenvalue weighted by Crippen LogP contribution is -2.47. The van der Waals surface area contributed by atoms with E-state index in [1.54, 1.807) is 0 Å². The number of likely N-dealkylation sites (tertiary alicyclic amines) is 1. The van der Waals surface area contributed by atoms with Crippen molar-refractivity contribution in [2.45, 2.75) is 18.9 Å². The van der Waals surface area contributed by atoms with Crippen molar-refractivity contribution >= 4 is 35.2 Å². The van der Waals surface area contributed by atoms with Gasteiger partial charge >= 0.3 is 5.97 Å². The fourth-order valence-electron chi connectivity index (χ4n) is 3.02. The van der Waals surface area contributed by atoms with Crippen molar-refractivity contribution in [3.63, 3.8) is 0 Å². The van der Waals surface area contributed by atoms with E-state index < -0.39 is 12.0 Å². The van der Waals surface area contributed by atoms with Gasteiger partial charge in [0.25, 0.3) is 0 Å². The third-order valence-electron chi connectivity index (χ3n) is 4.21. The molecule has 1 fully saturated rings. The Morgan fingerprint density at radius 2 is 2.00 bits per heavy atom. The summed E-state index contributed by atoms with van der Waals surface area (Å²) in [6.07, 6.45) is 1.14. The minimum Gasteiger partial charge on any atom is -0.480 e. The molecule has 2 aliphatic heterocycles. The molecule has 1 aromatic rings. The molecule has 0 radical (unpaired) electrons. The third kappa shape index (κ3) is 3.31. The van der Waals surface area contributed by atoms with Crippen LogP contribution in [0.25, 0.3) is 5.70 Å². The van der Waals surface area contributed by atoms with E-state index in [0.717, 1.165) is 5.56 Å². The Balaban J connectivity index is 1.80. The average molecular weight is 346 g/mol. The summed E-state index contributed by atoms with van der Waals surface area (Å²) in [4.78, 5) is 39.0. The largest absolute Gasteiger partial charge is 0.480 e. The van der Waals surface area contributed by atoms with Crippen LogP contribution >= 0.6 is 11.8 Å². The molecule has 0 aromatic heterocycles. The molecule has 0 spiro atoms. The molecule has 2 aliphatic rings. The van der Waals surface area contributed by atoms with Crippen LogP contribution in [-0.2, 0) is 14.4 Å². The standard InChI is InChI=1S/C17H18N2O4S/c20-15(18-8-4-7-13(18)17(22)23)9-19-14(10-24-11-16(19)21)12-5-2-1-3-6-12/h1-3,5-6,10,13H,4,7-9,11H2,(H,22,23). The van der Waals surface area contributed by atoms with Crippen molar-refractivity contribution in [1.29, 1.82) is 0 Å². The Kier molecular flexibility index (Phi) is 4.89. The maximum Gasteiger partial charge on any atom is 0.326 e. The van der Waals surface area contributed by atoms with E-state index in [4.69, 9.17) is 0 Å². The van der Waals surface area contributed by atoms with E-state index in [2.05, 4.69) is 0 Å². The van der Waals surface area contributed by atoms with Crippen molar-refractivity contribution in [1.82, 2.24) is 9.80 Å². The normalized spacial score (nSPS) is 20.9. The molecule has 1 saturated heterocycles. The Morgan fingerprint density at radius 1 is 1.25 bits per heavy atom. The molecule has 1 N–H and O–H groups in total. The van der Waals surface area contributed by atoms with Crippen LogP contribution in [-0.4, -0.2) is 57.6 Å². The fraction of sp³-hybridized carbons (Fsp3) is 0.353. The minimum absolute atomic E-state index is 0.121. The van der Waals surface area contributed by atoms with Crippen LogP contribution in [0.1, 0.15) is 18.4 Å². The predicted molar refractivity (Wildman–Crippen MR) is 91.0 cm³/mol. The SMILES string of the molecule is O=C(O)C1CCCN1C(=O)CN1C(=O)CSC=C1c1ccccc1. The van der Waals surface area contributed by atoms with Crippen LogP contribution in [0.2, 0.25) is 0 Å². The van der Waals surface area contributed by atoms with Gasteiger partial charge in [0.05, 0.1) is 11.4 Å². The van der Waals surface area contributed by atoms with Gasteiger partial charge in [0.1, 0.15) is 12.6 Å². The number of rotatable bonds is 4. The first-order chi connectivity index (χ1) is 11.6. The lowest BCUT2D eigenvalue weighted by Gasteiger charge is -2.30. The van der Waals surface area contributed by atoms with Crippen molar-refractivity contribution in [2.75, 3.05) is 18.8 Å². The second-order valence-electron chi connectivity index (χ2n) is 5.74. The summed E-state index contributed by atoms with van der Waals surface area (Å²) < 4.78 is 0. The van der Waals surface area contributed by atoms with E-state index in [-0.39, 0.29) is 24.1 Å². The maximum absolute atomic E-state index is 12.6. The number of amides is 2. The quantitative estimate of drug-likeness (QED) is 0.897. The van der Waals surface area contributed by atoms with E-state index in [9.17, 15) is 19.5 Å². The molecule has 0 saturated carbocycles. The lowest BCUT2D eigenvalue weighted by molar-refractivity contribution is -0.148. The fourth-order valence-corrected chi connectivity index (χ4v) is 3.82. The zero-order chi connectivity index (χ0) is 17.1. The highest BCUT2D eigenvalue weighted by atomic mass is 32.2. The van der Waals surface area contributed by atoms with Gasteiger partial charge in [-0.3, -0.25) is 9.59 Å². The summed E-state index contributed by atoms with van der Waals surface area (Å²) in [5, 5.41) is 11.1. The lowest BCUT2D eigenvalue weighted by atomic mass is 10.1. The van der Waals surface area contributed by atoms with Crippen LogP contribution in [0, 0.1) is 0 Å². The van der Waals surface area contributed by atoms with Gasteiger partial charge in [-0.25, -0.2) is 4.79 Å². The van der Waals surface area contributed by atoms with Gasteiger partial charge in [0.15, 0.2) is 0 Å². The molecule has 1 atom stereocenters. The van der Waals surface area contributed by atoms with Crippen LogP contribution in [0.3, 0.4) is 0 Å². The van der Waals surface area contributed by atoms with E-state index in [1.165, 1.54) is 21.6 Å². The summed E-state index contributed by atoms with van der Waals surface area (Å²) in [6.45, 7) is 0.306. The number of hydrogen-bond donors (Lipinski definition) is 1. The number of thioether (sulfide) groups is 1. The first-order valence-electron chi connectivity index (χ1n) is 7.78. The molecule has 2 heterocycles. The molecule has 3 rings (SSSR count). The number of carboxylic acid groups (broad SMARTS) is 1. The molecular weight excluding hydrogens is 328 g/mol. The molecule has 0 bridgehead atoms. The van der Waals surface area contributed by atoms with Crippen molar-refractivity contribution in [3.8, 4) is 0 Å². The number of aliphatic carboxylic acids is 1. The van der Waals surface area contributed by atoms with Gasteiger partial charge in [-0.1, -0.05) is 30.3 Å². The van der Waals surface area contributed by atoms with Crippen molar-refractivity contribution < 1.29 is 19.5 Å². The van der Waals surface area contributed by atoms with E-state index >= 15 is 0 Å². The van der Waals surface area contributed by atoms with Gasteiger partial charge in [-0.05, 0) is 23.8 Å². The van der Waals surface area contributed by atoms with E-state index in [1.807, 2.05) is 35.7 Å². The highest BCUT2D eigenvalue weighted by molar-refractivity contribution is 8.03. The summed E-state index contributed by atoms with van der Waals surface area (Å²) in [6, 6.07) is 8.63. The smallest absolute Gasteiger partial charge is 0.326 e. The van der Waals surface area contributed by atoms with Crippen LogP contribution in [0.5, 0.6) is 0 Å². The van der Waals surface area contributed by atoms with Crippen LogP contribution in [0.4, 0.5) is 0 Å². The summed E-state index contributed by atoms with van der Waals surface area (Å²) in [7, 11) is 0. The first kappa shape index (κ1) is 16.6. The zero-order valence-electron chi connectivity index (χ0n) is 13.1. The number of benzene rings is 1. The Bertz CT molecular complexity index is 689. The molecule has 1 unspecified atom stereocenters. The number of carbonyl (C=O) groups is 3. The van der Waals surface area contributed by atoms with Gasteiger partial charge < -0.3 is 14.9 Å². The van der Waals surface area contributed by atoms with Crippen LogP contribution < -0.4 is 0 Å². The molecular formula is C17H18N2O4S. The van der Waals surface area contributed by atoms with Gasteiger partial charge in [-0.2, -0.15) is 0 Å². The second kappa shape index (κ2) is 7.09. The topological polar surface area (TPSA) is 77.9 Å². The van der Waals surface area contributed by atoms with Crippen molar-refractivity contribution in [3.05, 3.63) is 41.3 Å². The van der Waals surface area contributed by atoms with Gasteiger partial charge in [0, 0.05) is 6.54 Å². The van der Waals surface area contributed by atoms with Crippen LogP contribution in [0.15, 0.2) is 35.7 Å². The molecule has 126 valence electrons. The third-order valence-corrected chi connectivity index (χ3v) is 5.02. The molecule has 6 nitrogen and oxygen atoms in total. The summed E-state index contributed by atoms with van der Waals surface area (Å²) >= 11 is 1.40. The Hall–Kier alpha value is -2.28. The second-order valence-corrected chi connectivity index (χ2v) is 6.60. The van der Waals surface area contributed by atoms with E-state index in [0.29, 0.717) is 25.1 Å². The maximum atomic E-state index is 12.6. The average Bonchev–Trinajstić information content (AvgIpc) is 3.07. The number of carbonyl (C=O) groups excluding carboxylic acids is 2. The van der Waals surface area contributed by atoms with Gasteiger partial charge in [-0.15, -0.1) is 11.8 Å². The number of hydrogen-bond acceptors (Lipinski definition) is 4. The molecule has 2 amide bonds. The van der Waals surface area contributed by atoms with Crippen molar-refractivity contribution in [2.24, 2.45) is 0 Å². The Labute approximate surface area is 144 Å². The minimum atomic E-state index is -0.986. The number of carboxylic acids is 1. The molecule has 1 aromatic carbocycles.